The fourth-order valence-corrected chi connectivity index (χ4v) is 3.04. The predicted octanol–water partition coefficient (Wildman–Crippen LogP) is 4.58. The smallest absolute Gasteiger partial charge is 0.310 e. The molecule has 0 bridgehead atoms. The summed E-state index contributed by atoms with van der Waals surface area (Å²) in [4.78, 5) is 12.1. The Hall–Kier alpha value is -1.96. The largest absolute Gasteiger partial charge is 0.460 e. The van der Waals surface area contributed by atoms with Gasteiger partial charge in [0.25, 0.3) is 0 Å². The van der Waals surface area contributed by atoms with Gasteiger partial charge in [0.1, 0.15) is 6.61 Å². The predicted molar refractivity (Wildman–Crippen MR) is 82.4 cm³/mol. The van der Waals surface area contributed by atoms with E-state index < -0.39 is 76.7 Å². The van der Waals surface area contributed by atoms with Gasteiger partial charge in [-0.05, 0) is 24.3 Å². The van der Waals surface area contributed by atoms with Gasteiger partial charge in [0.2, 0.25) is 0 Å². The zero-order chi connectivity index (χ0) is 19.8. The van der Waals surface area contributed by atoms with Crippen LogP contribution in [0.15, 0.2) is 11.9 Å². The highest BCUT2D eigenvalue weighted by molar-refractivity contribution is 5.78. The van der Waals surface area contributed by atoms with Gasteiger partial charge in [-0.2, -0.15) is 0 Å². The quantitative estimate of drug-likeness (QED) is 0.413. The Morgan fingerprint density at radius 2 is 1.50 bits per heavy atom. The Kier molecular flexibility index (Phi) is 5.75. The highest BCUT2D eigenvalue weighted by Gasteiger charge is 2.61. The molecule has 1 aliphatic carbocycles. The lowest BCUT2D eigenvalue weighted by molar-refractivity contribution is -0.147. The van der Waals surface area contributed by atoms with E-state index in [9.17, 15) is 26.7 Å². The first-order chi connectivity index (χ1) is 12.0. The molecule has 0 radical (unpaired) electrons. The van der Waals surface area contributed by atoms with Gasteiger partial charge < -0.3 is 9.47 Å². The average Bonchev–Trinajstić information content (AvgIpc) is 3.09. The van der Waals surface area contributed by atoms with E-state index in [0.717, 1.165) is 7.11 Å². The van der Waals surface area contributed by atoms with Gasteiger partial charge >= 0.3 is 5.97 Å². The second-order valence-electron chi connectivity index (χ2n) is 6.83. The molecule has 0 aromatic heterocycles. The Morgan fingerprint density at radius 3 is 1.92 bits per heavy atom. The lowest BCUT2D eigenvalue weighted by atomic mass is 10.1. The first-order valence-corrected chi connectivity index (χ1v) is 7.87. The van der Waals surface area contributed by atoms with Crippen molar-refractivity contribution in [1.29, 1.82) is 0 Å². The summed E-state index contributed by atoms with van der Waals surface area (Å²) in [5.74, 6) is -8.90. The van der Waals surface area contributed by atoms with E-state index in [-0.39, 0.29) is 0 Å². The summed E-state index contributed by atoms with van der Waals surface area (Å²) in [6.07, 6.45) is 1.27. The maximum absolute atomic E-state index is 14.0. The molecule has 0 spiro atoms. The van der Waals surface area contributed by atoms with E-state index in [0.29, 0.717) is 0 Å². The van der Waals surface area contributed by atoms with Crippen LogP contribution in [-0.4, -0.2) is 13.1 Å². The van der Waals surface area contributed by atoms with Crippen molar-refractivity contribution in [3.05, 3.63) is 46.3 Å². The van der Waals surface area contributed by atoms with Gasteiger partial charge in [-0.15, -0.1) is 0 Å². The Bertz CT molecular complexity index is 725. The van der Waals surface area contributed by atoms with Gasteiger partial charge in [-0.3, -0.25) is 4.79 Å². The number of benzene rings is 1. The molecule has 2 rings (SSSR count). The number of halogens is 5. The minimum atomic E-state index is -1.64. The Morgan fingerprint density at radius 1 is 1.04 bits per heavy atom. The molecule has 144 valence electrons. The van der Waals surface area contributed by atoms with Gasteiger partial charge in [0.15, 0.2) is 23.3 Å². The van der Waals surface area contributed by atoms with Crippen molar-refractivity contribution in [3.63, 3.8) is 0 Å². The minimum Gasteiger partial charge on any atom is -0.460 e. The fourth-order valence-electron chi connectivity index (χ4n) is 3.04. The molecule has 0 N–H and O–H groups in total. The number of allylic oxidation sites excluding steroid dienone is 2. The third-order valence-electron chi connectivity index (χ3n) is 4.67. The summed E-state index contributed by atoms with van der Waals surface area (Å²) in [7, 11) is 1.12. The van der Waals surface area contributed by atoms with Crippen LogP contribution in [-0.2, 0) is 27.5 Å². The molecule has 0 amide bonds. The van der Waals surface area contributed by atoms with Crippen LogP contribution in [0.3, 0.4) is 0 Å². The summed E-state index contributed by atoms with van der Waals surface area (Å²) < 4.78 is 78.1. The molecule has 2 unspecified atom stereocenters. The van der Waals surface area contributed by atoms with Crippen molar-refractivity contribution in [2.45, 2.75) is 34.0 Å². The van der Waals surface area contributed by atoms with Crippen LogP contribution in [0.25, 0.3) is 0 Å². The lowest BCUT2D eigenvalue weighted by Crippen LogP contribution is -2.15. The lowest BCUT2D eigenvalue weighted by Gasteiger charge is -2.12. The monoisotopic (exact) mass is 378 g/mol. The zero-order valence-corrected chi connectivity index (χ0v) is 14.8. The number of hydrogen-bond donors (Lipinski definition) is 0. The second-order valence-corrected chi connectivity index (χ2v) is 6.83. The van der Waals surface area contributed by atoms with Crippen molar-refractivity contribution in [3.8, 4) is 0 Å². The number of carbonyl (C=O) groups excluding carboxylic acids is 1. The number of esters is 1. The highest BCUT2D eigenvalue weighted by atomic mass is 19.2. The first kappa shape index (κ1) is 20.4. The molecule has 1 saturated carbocycles. The van der Waals surface area contributed by atoms with Crippen LogP contribution in [0.1, 0.15) is 31.9 Å². The fraction of sp³-hybridized carbons (Fsp3) is 0.500. The van der Waals surface area contributed by atoms with E-state index in [2.05, 4.69) is 4.74 Å². The highest BCUT2D eigenvalue weighted by Crippen LogP contribution is 2.60. The molecule has 1 aromatic carbocycles. The molecular formula is C18H19F5O3. The van der Waals surface area contributed by atoms with E-state index in [1.54, 1.807) is 13.8 Å². The van der Waals surface area contributed by atoms with Crippen molar-refractivity contribution in [1.82, 2.24) is 0 Å². The molecule has 3 nitrogen and oxygen atoms in total. The van der Waals surface area contributed by atoms with Crippen molar-refractivity contribution < 1.29 is 36.2 Å². The van der Waals surface area contributed by atoms with Crippen LogP contribution >= 0.6 is 0 Å². The van der Waals surface area contributed by atoms with Gasteiger partial charge in [-0.1, -0.05) is 13.8 Å². The van der Waals surface area contributed by atoms with Gasteiger partial charge in [0, 0.05) is 7.11 Å². The molecule has 0 aliphatic heterocycles. The molecule has 1 aromatic rings. The molecule has 0 heterocycles. The topological polar surface area (TPSA) is 35.5 Å². The van der Waals surface area contributed by atoms with E-state index in [1.807, 2.05) is 0 Å². The van der Waals surface area contributed by atoms with Crippen LogP contribution in [0.2, 0.25) is 0 Å². The maximum Gasteiger partial charge on any atom is 0.310 e. The van der Waals surface area contributed by atoms with E-state index in [1.165, 1.54) is 13.0 Å². The van der Waals surface area contributed by atoms with Crippen LogP contribution in [0, 0.1) is 40.5 Å². The Balaban J connectivity index is 2.18. The molecule has 1 aliphatic rings. The van der Waals surface area contributed by atoms with Gasteiger partial charge in [-0.25, -0.2) is 22.0 Å². The summed E-state index contributed by atoms with van der Waals surface area (Å²) in [5.41, 5.74) is -2.50. The molecule has 26 heavy (non-hydrogen) atoms. The second kappa shape index (κ2) is 7.34. The average molecular weight is 378 g/mol. The summed E-state index contributed by atoms with van der Waals surface area (Å²) in [6, 6.07) is 0. The molecule has 8 heteroatoms. The van der Waals surface area contributed by atoms with Gasteiger partial charge in [0.05, 0.1) is 29.5 Å². The van der Waals surface area contributed by atoms with E-state index in [4.69, 9.17) is 4.74 Å². The molecule has 2 atom stereocenters. The normalized spacial score (nSPS) is 21.7. The summed E-state index contributed by atoms with van der Waals surface area (Å²) >= 11 is 0. The summed E-state index contributed by atoms with van der Waals surface area (Å²) in [6.45, 7) is 3.02. The van der Waals surface area contributed by atoms with Crippen LogP contribution in [0.5, 0.6) is 0 Å². The van der Waals surface area contributed by atoms with Crippen molar-refractivity contribution in [2.75, 3.05) is 7.11 Å². The zero-order valence-electron chi connectivity index (χ0n) is 14.8. The van der Waals surface area contributed by atoms with E-state index >= 15 is 0 Å². The third-order valence-corrected chi connectivity index (χ3v) is 4.67. The number of ether oxygens (including phenoxy) is 2. The summed E-state index contributed by atoms with van der Waals surface area (Å²) in [5, 5.41) is 0. The van der Waals surface area contributed by atoms with Crippen LogP contribution in [0.4, 0.5) is 22.0 Å². The van der Waals surface area contributed by atoms with Crippen LogP contribution < -0.4 is 0 Å². The Labute approximate surface area is 147 Å². The first-order valence-electron chi connectivity index (χ1n) is 7.87. The maximum atomic E-state index is 14.0. The number of carbonyl (C=O) groups is 1. The number of methoxy groups -OCH3 is 1. The van der Waals surface area contributed by atoms with Crippen molar-refractivity contribution >= 4 is 5.97 Å². The number of rotatable bonds is 6. The molecular weight excluding hydrogens is 359 g/mol. The minimum absolute atomic E-state index is 0.424. The third kappa shape index (κ3) is 3.60. The SMILES string of the molecule is COCc1c(F)c(F)c(COC(=O)C2C(C=C(C)F)C2(C)C)c(F)c1F. The number of hydrogen-bond acceptors (Lipinski definition) is 3. The molecule has 0 saturated heterocycles. The molecule has 1 fully saturated rings. The van der Waals surface area contributed by atoms with Crippen molar-refractivity contribution in [2.24, 2.45) is 17.3 Å². The standard InChI is InChI=1S/C18H19F5O3/c1-8(19)5-11-12(18(11,2)3)17(24)26-7-10-15(22)13(20)9(6-25-4)14(21)16(10)23/h5,11-12H,6-7H2,1-4H3.